The summed E-state index contributed by atoms with van der Waals surface area (Å²) in [5, 5.41) is 3.49. The molecule has 0 radical (unpaired) electrons. The number of rotatable bonds is 11. The summed E-state index contributed by atoms with van der Waals surface area (Å²) < 4.78 is 11.8. The molecule has 0 aliphatic rings. The fourth-order valence-corrected chi connectivity index (χ4v) is 2.63. The molecule has 0 aliphatic carbocycles. The van der Waals surface area contributed by atoms with Crippen molar-refractivity contribution < 1.29 is 9.47 Å². The lowest BCUT2D eigenvalue weighted by atomic mass is 10.1. The molecular weight excluding hydrogens is 346 g/mol. The molecule has 2 aromatic rings. The van der Waals surface area contributed by atoms with E-state index >= 15 is 0 Å². The SMILES string of the molecule is CCCCCNCc1ccc(OCc2ccc(C)cc2)c(OCC)c1.Cl. The molecule has 0 bridgehead atoms. The van der Waals surface area contributed by atoms with Crippen LogP contribution in [0.3, 0.4) is 0 Å². The Kier molecular flexibility index (Phi) is 10.8. The number of aryl methyl sites for hydroxylation is 1. The van der Waals surface area contributed by atoms with Crippen LogP contribution < -0.4 is 14.8 Å². The number of benzene rings is 2. The predicted molar refractivity (Wildman–Crippen MR) is 112 cm³/mol. The number of ether oxygens (including phenoxy) is 2. The third-order valence-electron chi connectivity index (χ3n) is 4.11. The van der Waals surface area contributed by atoms with Gasteiger partial charge in [-0.2, -0.15) is 0 Å². The highest BCUT2D eigenvalue weighted by Gasteiger charge is 2.07. The lowest BCUT2D eigenvalue weighted by Gasteiger charge is -2.14. The molecule has 0 amide bonds. The number of nitrogens with one attached hydrogen (secondary N) is 1. The molecule has 1 N–H and O–H groups in total. The smallest absolute Gasteiger partial charge is 0.161 e. The van der Waals surface area contributed by atoms with Crippen LogP contribution in [0, 0.1) is 6.92 Å². The second kappa shape index (κ2) is 12.6. The average Bonchev–Trinajstić information content (AvgIpc) is 2.62. The first kappa shape index (κ1) is 22.3. The molecule has 0 heterocycles. The van der Waals surface area contributed by atoms with Crippen molar-refractivity contribution in [1.82, 2.24) is 5.32 Å². The Morgan fingerprint density at radius 2 is 1.58 bits per heavy atom. The highest BCUT2D eigenvalue weighted by Crippen LogP contribution is 2.29. The monoisotopic (exact) mass is 377 g/mol. The van der Waals surface area contributed by atoms with E-state index in [1.54, 1.807) is 0 Å². The van der Waals surface area contributed by atoms with Gasteiger partial charge in [0, 0.05) is 6.54 Å². The first-order valence-electron chi connectivity index (χ1n) is 9.37. The van der Waals surface area contributed by atoms with Gasteiger partial charge >= 0.3 is 0 Å². The van der Waals surface area contributed by atoms with Gasteiger partial charge in [-0.25, -0.2) is 0 Å². The molecule has 0 atom stereocenters. The molecule has 0 aliphatic heterocycles. The zero-order valence-electron chi connectivity index (χ0n) is 16.2. The van der Waals surface area contributed by atoms with Crippen LogP contribution in [0.25, 0.3) is 0 Å². The summed E-state index contributed by atoms with van der Waals surface area (Å²) in [6.07, 6.45) is 3.76. The van der Waals surface area contributed by atoms with Crippen LogP contribution in [0.2, 0.25) is 0 Å². The Morgan fingerprint density at radius 1 is 0.846 bits per heavy atom. The number of hydrogen-bond donors (Lipinski definition) is 1. The van der Waals surface area contributed by atoms with Gasteiger partial charge in [-0.1, -0.05) is 55.7 Å². The van der Waals surface area contributed by atoms with Crippen molar-refractivity contribution in [2.75, 3.05) is 13.2 Å². The van der Waals surface area contributed by atoms with Crippen LogP contribution in [-0.2, 0) is 13.2 Å². The molecule has 26 heavy (non-hydrogen) atoms. The van der Waals surface area contributed by atoms with Crippen LogP contribution in [0.4, 0.5) is 0 Å². The van der Waals surface area contributed by atoms with Crippen LogP contribution in [0.15, 0.2) is 42.5 Å². The van der Waals surface area contributed by atoms with Crippen LogP contribution in [0.1, 0.15) is 49.8 Å². The summed E-state index contributed by atoms with van der Waals surface area (Å²) in [6.45, 7) is 9.42. The Balaban J connectivity index is 0.00000338. The van der Waals surface area contributed by atoms with E-state index in [1.807, 2.05) is 13.0 Å². The van der Waals surface area contributed by atoms with Gasteiger partial charge in [-0.15, -0.1) is 12.4 Å². The van der Waals surface area contributed by atoms with E-state index in [4.69, 9.17) is 9.47 Å². The maximum atomic E-state index is 5.98. The molecule has 0 unspecified atom stereocenters. The minimum Gasteiger partial charge on any atom is -0.490 e. The van der Waals surface area contributed by atoms with Crippen molar-refractivity contribution in [3.8, 4) is 11.5 Å². The van der Waals surface area contributed by atoms with E-state index in [0.717, 1.165) is 30.2 Å². The Hall–Kier alpha value is -1.71. The molecule has 0 saturated carbocycles. The second-order valence-corrected chi connectivity index (χ2v) is 6.37. The molecule has 2 rings (SSSR count). The largest absolute Gasteiger partial charge is 0.490 e. The Morgan fingerprint density at radius 3 is 2.27 bits per heavy atom. The van der Waals surface area contributed by atoms with Crippen molar-refractivity contribution >= 4 is 12.4 Å². The summed E-state index contributed by atoms with van der Waals surface area (Å²) in [7, 11) is 0. The minimum absolute atomic E-state index is 0. The van der Waals surface area contributed by atoms with Gasteiger partial charge in [-0.3, -0.25) is 0 Å². The highest BCUT2D eigenvalue weighted by molar-refractivity contribution is 5.85. The van der Waals surface area contributed by atoms with Gasteiger partial charge in [0.2, 0.25) is 0 Å². The van der Waals surface area contributed by atoms with Gasteiger partial charge in [-0.05, 0) is 50.1 Å². The Labute approximate surface area is 164 Å². The zero-order valence-corrected chi connectivity index (χ0v) is 17.0. The molecule has 4 heteroatoms. The quantitative estimate of drug-likeness (QED) is 0.511. The first-order valence-corrected chi connectivity index (χ1v) is 9.37. The maximum Gasteiger partial charge on any atom is 0.161 e. The van der Waals surface area contributed by atoms with Gasteiger partial charge in [0.1, 0.15) is 6.61 Å². The summed E-state index contributed by atoms with van der Waals surface area (Å²) >= 11 is 0. The van der Waals surface area contributed by atoms with Gasteiger partial charge < -0.3 is 14.8 Å². The molecule has 0 fully saturated rings. The zero-order chi connectivity index (χ0) is 17.9. The molecule has 0 saturated heterocycles. The van der Waals surface area contributed by atoms with Crippen molar-refractivity contribution in [2.24, 2.45) is 0 Å². The standard InChI is InChI=1S/C22H31NO2.ClH/c1-4-6-7-14-23-16-20-12-13-21(22(15-20)24-5-2)25-17-19-10-8-18(3)9-11-19;/h8-13,15,23H,4-7,14,16-17H2,1-3H3;1H. The van der Waals surface area contributed by atoms with Crippen LogP contribution in [0.5, 0.6) is 11.5 Å². The number of hydrogen-bond acceptors (Lipinski definition) is 3. The summed E-state index contributed by atoms with van der Waals surface area (Å²) in [6, 6.07) is 14.6. The van der Waals surface area contributed by atoms with E-state index in [2.05, 4.69) is 55.6 Å². The van der Waals surface area contributed by atoms with Gasteiger partial charge in [0.15, 0.2) is 11.5 Å². The van der Waals surface area contributed by atoms with Crippen LogP contribution in [-0.4, -0.2) is 13.2 Å². The third kappa shape index (κ3) is 7.67. The third-order valence-corrected chi connectivity index (χ3v) is 4.11. The van der Waals surface area contributed by atoms with E-state index in [9.17, 15) is 0 Å². The van der Waals surface area contributed by atoms with Crippen molar-refractivity contribution in [3.05, 3.63) is 59.2 Å². The molecule has 144 valence electrons. The average molecular weight is 378 g/mol. The first-order chi connectivity index (χ1) is 12.2. The normalized spacial score (nSPS) is 10.3. The number of unbranched alkanes of at least 4 members (excludes halogenated alkanes) is 2. The summed E-state index contributed by atoms with van der Waals surface area (Å²) in [5.41, 5.74) is 3.65. The van der Waals surface area contributed by atoms with Crippen molar-refractivity contribution in [2.45, 2.75) is 53.2 Å². The molecular formula is C22H32ClNO2. The second-order valence-electron chi connectivity index (χ2n) is 6.37. The molecule has 0 spiro atoms. The topological polar surface area (TPSA) is 30.5 Å². The van der Waals surface area contributed by atoms with Crippen molar-refractivity contribution in [1.29, 1.82) is 0 Å². The lowest BCUT2D eigenvalue weighted by molar-refractivity contribution is 0.269. The van der Waals surface area contributed by atoms with E-state index in [1.165, 1.54) is 30.4 Å². The molecule has 3 nitrogen and oxygen atoms in total. The Bertz CT molecular complexity index is 629. The molecule has 2 aromatic carbocycles. The summed E-state index contributed by atoms with van der Waals surface area (Å²) in [4.78, 5) is 0. The van der Waals surface area contributed by atoms with E-state index in [-0.39, 0.29) is 12.4 Å². The molecule has 0 aromatic heterocycles. The minimum atomic E-state index is 0. The predicted octanol–water partition coefficient (Wildman–Crippen LogP) is 5.67. The van der Waals surface area contributed by atoms with Crippen LogP contribution >= 0.6 is 12.4 Å². The van der Waals surface area contributed by atoms with Crippen molar-refractivity contribution in [3.63, 3.8) is 0 Å². The van der Waals surface area contributed by atoms with Gasteiger partial charge in [0.05, 0.1) is 6.61 Å². The maximum absolute atomic E-state index is 5.98. The lowest BCUT2D eigenvalue weighted by Crippen LogP contribution is -2.14. The van der Waals surface area contributed by atoms with Gasteiger partial charge in [0.25, 0.3) is 0 Å². The van der Waals surface area contributed by atoms with E-state index in [0.29, 0.717) is 13.2 Å². The number of halogens is 1. The highest BCUT2D eigenvalue weighted by atomic mass is 35.5. The fraction of sp³-hybridized carbons (Fsp3) is 0.455. The fourth-order valence-electron chi connectivity index (χ4n) is 2.63. The summed E-state index contributed by atoms with van der Waals surface area (Å²) in [5.74, 6) is 1.62. The van der Waals surface area contributed by atoms with E-state index < -0.39 is 0 Å².